The van der Waals surface area contributed by atoms with Gasteiger partial charge in [-0.1, -0.05) is 72.8 Å². The minimum Gasteiger partial charge on any atom is -0.504 e. The monoisotopic (exact) mass is 1610 g/mol. The molecule has 6 aromatic carbocycles. The fourth-order valence-electron chi connectivity index (χ4n) is 17.7. The number of aryl methyl sites for hydroxylation is 4. The Morgan fingerprint density at radius 2 is 0.982 bits per heavy atom. The summed E-state index contributed by atoms with van der Waals surface area (Å²) in [6.45, 7) is 13.3. The summed E-state index contributed by atoms with van der Waals surface area (Å²) in [5.74, 6) is 1.15. The van der Waals surface area contributed by atoms with Crippen molar-refractivity contribution in [2.24, 2.45) is 0 Å². The number of phenolic OH excluding ortho intramolecular Hbond substituents is 2. The first-order valence-corrected chi connectivity index (χ1v) is 36.3. The van der Waals surface area contributed by atoms with Crippen LogP contribution in [-0.2, 0) is 89.7 Å². The Labute approximate surface area is 651 Å². The SMILES string of the molecule is COc1c(C)cc2c(c1O)[C@@H]1C3Cc4c(OC(C)=O)c(C)c5c(c4[C@H](CNC(=O)[C@H](C)NC(=O)CCc4ccccc4)N3[C@@H](C#N)[C@H](C2)N1C)OCO5.COc1c(C)cc2c(c1O)[C@@H]1C3Cc4c(OC(C)=O)c(C)c5c(c4[C@H](CNC(=O)[C@H](C)NC(=O)CCc4ccccc4)N3[C@@H](O)[C@H](C2)N1C)OCO5.O=[N+]([O-])O.[Ag]. The predicted molar refractivity (Wildman–Crippen MR) is 391 cm³/mol. The topological polar surface area (TPSA) is 385 Å². The van der Waals surface area contributed by atoms with Crippen molar-refractivity contribution < 1.29 is 115 Å². The largest absolute Gasteiger partial charge is 0.504 e. The molecule has 8 heterocycles. The molecule has 589 valence electrons. The van der Waals surface area contributed by atoms with Crippen LogP contribution >= 0.6 is 0 Å². The Hall–Kier alpha value is -10.2. The molecule has 8 N–H and O–H groups in total. The average Bonchev–Trinajstić information content (AvgIpc) is 0.931. The third kappa shape index (κ3) is 15.4. The van der Waals surface area contributed by atoms with Crippen LogP contribution in [0.2, 0.25) is 0 Å². The number of rotatable bonds is 18. The van der Waals surface area contributed by atoms with E-state index in [1.54, 1.807) is 13.8 Å². The molecular formula is C79H92AgN10O20. The number of carbonyl (C=O) groups is 6. The quantitative estimate of drug-likeness (QED) is 0.0150. The molecule has 31 heteroatoms. The second kappa shape index (κ2) is 33.5. The zero-order valence-electron chi connectivity index (χ0n) is 63.1. The van der Waals surface area contributed by atoms with Crippen LogP contribution in [0, 0.1) is 49.1 Å². The number of nitrogens with one attached hydrogen (secondary N) is 4. The normalized spacial score (nSPS) is 22.4. The van der Waals surface area contributed by atoms with E-state index in [2.05, 4.69) is 42.0 Å². The van der Waals surface area contributed by atoms with Gasteiger partial charge in [0.2, 0.25) is 37.2 Å². The minimum absolute atomic E-state index is 0. The Kier molecular flexibility index (Phi) is 24.6. The van der Waals surface area contributed by atoms with Gasteiger partial charge in [0.1, 0.15) is 35.9 Å². The van der Waals surface area contributed by atoms with E-state index in [4.69, 9.17) is 53.2 Å². The molecule has 2 unspecified atom stereocenters. The van der Waals surface area contributed by atoms with Crippen LogP contribution in [0.5, 0.6) is 57.5 Å². The zero-order chi connectivity index (χ0) is 78.3. The zero-order valence-corrected chi connectivity index (χ0v) is 64.6. The number of aliphatic hydroxyl groups excluding tert-OH is 1. The number of amides is 4. The molecule has 8 aliphatic heterocycles. The van der Waals surface area contributed by atoms with Crippen molar-refractivity contribution >= 4 is 35.6 Å². The van der Waals surface area contributed by atoms with Gasteiger partial charge in [0.15, 0.2) is 46.0 Å². The second-order valence-electron chi connectivity index (χ2n) is 28.8. The van der Waals surface area contributed by atoms with Gasteiger partial charge < -0.3 is 79.7 Å². The van der Waals surface area contributed by atoms with Crippen molar-refractivity contribution in [3.05, 3.63) is 161 Å². The van der Waals surface area contributed by atoms with E-state index in [0.29, 0.717) is 123 Å². The average molecular weight is 1610 g/mol. The molecule has 2 fully saturated rings. The van der Waals surface area contributed by atoms with Crippen molar-refractivity contribution in [2.45, 2.75) is 179 Å². The molecular weight excluding hydrogens is 1520 g/mol. The van der Waals surface area contributed by atoms with Gasteiger partial charge in [0.05, 0.1) is 50.5 Å². The van der Waals surface area contributed by atoms with Gasteiger partial charge in [-0.25, -0.2) is 0 Å². The molecule has 0 saturated carbocycles. The van der Waals surface area contributed by atoms with E-state index in [1.807, 2.05) is 119 Å². The van der Waals surface area contributed by atoms with Crippen LogP contribution in [0.15, 0.2) is 72.8 Å². The first-order chi connectivity index (χ1) is 52.1. The van der Waals surface area contributed by atoms with Crippen LogP contribution in [0.3, 0.4) is 0 Å². The fraction of sp³-hybridized carbons (Fsp3) is 0.456. The van der Waals surface area contributed by atoms with E-state index in [1.165, 1.54) is 28.1 Å². The maximum Gasteiger partial charge on any atom is 0.308 e. The summed E-state index contributed by atoms with van der Waals surface area (Å²) >= 11 is 0. The summed E-state index contributed by atoms with van der Waals surface area (Å²) in [4.78, 5) is 94.8. The third-order valence-electron chi connectivity index (χ3n) is 22.3. The number of nitriles is 1. The maximum absolute atomic E-state index is 13.7. The van der Waals surface area contributed by atoms with Crippen LogP contribution in [0.1, 0.15) is 143 Å². The molecule has 2 saturated heterocycles. The molecule has 12 atom stereocenters. The number of carbonyl (C=O) groups excluding carboxylic acids is 6. The summed E-state index contributed by atoms with van der Waals surface area (Å²) in [6, 6.07) is 20.1. The standard InChI is InChI=1S/C40H45N5O8.C39H46N4O9.Ag.HNO3/c1-20-14-25-15-27-29(17-41)45-28(34(44(27)5)32(25)35(48)36(20)50-6)16-26-33(39-38(51-19-52-39)21(2)37(26)53-23(4)46)30(45)18-42-40(49)22(3)43-31(47)13-12-24-10-8-7-9-11-24;1-19-14-24-15-27-39(48)43-26(32(42(27)5)30(24)33(46)34(19)49-6)16-25-31(37-36(50-18-51-37)20(2)35(25)52-22(4)44)28(43)17-40-38(47)21(3)41-29(45)13-12-23-10-8-7-9-11-23;;2-1(3)4/h7-11,14,22,27-30,34,48H,12-13,15-16,18-19H2,1-6H3,(H,42,49)(H,43,47);7-11,14,21,26-28,32,39,46,48H,12-13,15-18H2,1-6H3,(H,40,47)(H,41,45);;(H,2,3,4)/t22-,27-,28?,29-,30-,34-;21-,26?,27-,28-,32-,39-;;/m00../s1. The van der Waals surface area contributed by atoms with Gasteiger partial charge >= 0.3 is 11.9 Å². The summed E-state index contributed by atoms with van der Waals surface area (Å²) < 4.78 is 47.1. The summed E-state index contributed by atoms with van der Waals surface area (Å²) in [6.07, 6.45) is 2.19. The number of hydrogen-bond acceptors (Lipinski definition) is 24. The molecule has 110 heavy (non-hydrogen) atoms. The molecule has 6 aromatic rings. The smallest absolute Gasteiger partial charge is 0.308 e. The van der Waals surface area contributed by atoms with Crippen LogP contribution in [0.25, 0.3) is 0 Å². The van der Waals surface area contributed by atoms with E-state index in [-0.39, 0.29) is 97.3 Å². The molecule has 0 spiro atoms. The number of esters is 2. The van der Waals surface area contributed by atoms with E-state index in [9.17, 15) is 49.3 Å². The van der Waals surface area contributed by atoms with Crippen molar-refractivity contribution in [2.75, 3.05) is 55.0 Å². The molecule has 1 radical (unpaired) electrons. The number of hydrogen-bond donors (Lipinski definition) is 8. The first-order valence-electron chi connectivity index (χ1n) is 36.3. The van der Waals surface area contributed by atoms with Gasteiger partial charge in [0, 0.05) is 125 Å². The Morgan fingerprint density at radius 3 is 1.38 bits per heavy atom. The fourth-order valence-corrected chi connectivity index (χ4v) is 17.7. The second-order valence-corrected chi connectivity index (χ2v) is 28.8. The van der Waals surface area contributed by atoms with Crippen molar-refractivity contribution in [1.29, 1.82) is 5.26 Å². The van der Waals surface area contributed by atoms with Gasteiger partial charge in [0.25, 0.3) is 5.09 Å². The van der Waals surface area contributed by atoms with Gasteiger partial charge in [-0.05, 0) is 128 Å². The van der Waals surface area contributed by atoms with Crippen molar-refractivity contribution in [3.8, 4) is 63.6 Å². The van der Waals surface area contributed by atoms with Gasteiger partial charge in [-0.15, -0.1) is 10.1 Å². The molecule has 4 bridgehead atoms. The minimum atomic E-state index is -1.50. The van der Waals surface area contributed by atoms with E-state index < -0.39 is 89.4 Å². The number of aromatic hydroxyl groups is 2. The molecule has 30 nitrogen and oxygen atoms in total. The summed E-state index contributed by atoms with van der Waals surface area (Å²) in [5.41, 5.74) is 10.9. The number of aliphatic hydroxyl groups is 1. The number of fused-ring (bicyclic) bond motifs is 18. The van der Waals surface area contributed by atoms with Crippen molar-refractivity contribution in [3.63, 3.8) is 0 Å². The van der Waals surface area contributed by atoms with Gasteiger partial charge in [-0.2, -0.15) is 5.26 Å². The molecule has 8 aliphatic rings. The number of methoxy groups -OCH3 is 2. The Balaban J connectivity index is 0.000000206. The number of nitrogens with zero attached hydrogens (tertiary/aromatic N) is 6. The number of ether oxygens (including phenoxy) is 8. The number of phenols is 2. The van der Waals surface area contributed by atoms with Crippen LogP contribution in [0.4, 0.5) is 0 Å². The number of likely N-dealkylation sites (N-methyl/N-ethyl adjacent to an activating group) is 2. The van der Waals surface area contributed by atoms with E-state index >= 15 is 0 Å². The summed E-state index contributed by atoms with van der Waals surface area (Å²) in [5, 5.41) is 72.0. The van der Waals surface area contributed by atoms with Crippen LogP contribution in [-0.4, -0.2) is 184 Å². The molecule has 4 amide bonds. The predicted octanol–water partition coefficient (Wildman–Crippen LogP) is 6.47. The third-order valence-corrected chi connectivity index (χ3v) is 22.3. The number of benzene rings is 6. The Bertz CT molecular complexity index is 4620. The van der Waals surface area contributed by atoms with E-state index in [0.717, 1.165) is 38.9 Å². The van der Waals surface area contributed by atoms with Gasteiger partial charge in [-0.3, -0.25) is 48.4 Å². The molecule has 14 rings (SSSR count). The van der Waals surface area contributed by atoms with Crippen molar-refractivity contribution in [1.82, 2.24) is 40.9 Å². The Morgan fingerprint density at radius 1 is 0.600 bits per heavy atom. The first kappa shape index (κ1) is 80.8. The van der Waals surface area contributed by atoms with Crippen LogP contribution < -0.4 is 59.2 Å². The molecule has 0 aliphatic carbocycles. The maximum atomic E-state index is 13.7. The number of piperazine rings is 2. The summed E-state index contributed by atoms with van der Waals surface area (Å²) in [7, 11) is 6.97. The molecule has 0 aromatic heterocycles.